The van der Waals surface area contributed by atoms with Gasteiger partial charge in [0.1, 0.15) is 6.54 Å². The number of piperazine rings is 1. The molecule has 0 spiro atoms. The van der Waals surface area contributed by atoms with Crippen LogP contribution in [0.25, 0.3) is 11.0 Å². The third-order valence-corrected chi connectivity index (χ3v) is 5.25. The van der Waals surface area contributed by atoms with Crippen molar-refractivity contribution in [3.05, 3.63) is 40.8 Å². The average molecular weight is 385 g/mol. The molecule has 150 valence electrons. The predicted molar refractivity (Wildman–Crippen MR) is 107 cm³/mol. The van der Waals surface area contributed by atoms with Gasteiger partial charge in [0.05, 0.1) is 23.8 Å². The monoisotopic (exact) mass is 385 g/mol. The first kappa shape index (κ1) is 20.0. The largest absolute Gasteiger partial charge is 0.342 e. The summed E-state index contributed by atoms with van der Waals surface area (Å²) in [4.78, 5) is 47.0. The zero-order valence-electron chi connectivity index (χ0n) is 16.5. The molecule has 8 nitrogen and oxygen atoms in total. The number of rotatable bonds is 6. The van der Waals surface area contributed by atoms with Crippen LogP contribution in [0, 0.1) is 0 Å². The lowest BCUT2D eigenvalue weighted by Crippen LogP contribution is -2.52. The Hall–Kier alpha value is -2.74. The van der Waals surface area contributed by atoms with Crippen molar-refractivity contribution < 1.29 is 9.59 Å². The molecule has 1 fully saturated rings. The zero-order chi connectivity index (χ0) is 20.1. The van der Waals surface area contributed by atoms with Gasteiger partial charge in [0.15, 0.2) is 0 Å². The van der Waals surface area contributed by atoms with E-state index in [1.165, 1.54) is 10.8 Å². The highest BCUT2D eigenvalue weighted by atomic mass is 16.2. The fraction of sp³-hybridized carbons (Fsp3) is 0.500. The number of carbonyl (C=O) groups is 2. The van der Waals surface area contributed by atoms with Gasteiger partial charge in [-0.15, -0.1) is 0 Å². The molecule has 1 aromatic carbocycles. The number of hydrogen-bond donors (Lipinski definition) is 0. The van der Waals surface area contributed by atoms with Crippen LogP contribution < -0.4 is 5.56 Å². The molecule has 3 rings (SSSR count). The van der Waals surface area contributed by atoms with E-state index in [1.807, 2.05) is 36.9 Å². The van der Waals surface area contributed by atoms with Gasteiger partial charge in [0.2, 0.25) is 11.8 Å². The summed E-state index contributed by atoms with van der Waals surface area (Å²) in [6, 6.07) is 7.30. The first-order valence-electron chi connectivity index (χ1n) is 9.76. The van der Waals surface area contributed by atoms with Crippen LogP contribution in [0.3, 0.4) is 0 Å². The van der Waals surface area contributed by atoms with Crippen molar-refractivity contribution in [1.82, 2.24) is 24.3 Å². The van der Waals surface area contributed by atoms with E-state index in [9.17, 15) is 14.4 Å². The normalized spacial score (nSPS) is 15.0. The van der Waals surface area contributed by atoms with E-state index < -0.39 is 0 Å². The van der Waals surface area contributed by atoms with Gasteiger partial charge >= 0.3 is 0 Å². The minimum Gasteiger partial charge on any atom is -0.342 e. The summed E-state index contributed by atoms with van der Waals surface area (Å²) in [6.45, 7) is 8.19. The molecule has 0 atom stereocenters. The maximum atomic E-state index is 12.7. The minimum atomic E-state index is -0.282. The first-order chi connectivity index (χ1) is 13.5. The molecule has 8 heteroatoms. The fourth-order valence-electron chi connectivity index (χ4n) is 3.54. The van der Waals surface area contributed by atoms with Gasteiger partial charge in [-0.25, -0.2) is 4.98 Å². The predicted octanol–water partition coefficient (Wildman–Crippen LogP) is 0.409. The van der Waals surface area contributed by atoms with Crippen molar-refractivity contribution in [2.75, 3.05) is 45.8 Å². The summed E-state index contributed by atoms with van der Waals surface area (Å²) < 4.78 is 1.47. The average Bonchev–Trinajstić information content (AvgIpc) is 2.71. The number of likely N-dealkylation sites (N-methyl/N-ethyl adjacent to an activating group) is 1. The van der Waals surface area contributed by atoms with E-state index in [0.717, 1.165) is 0 Å². The second-order valence-corrected chi connectivity index (χ2v) is 6.89. The molecule has 0 N–H and O–H groups in total. The Morgan fingerprint density at radius 3 is 2.39 bits per heavy atom. The highest BCUT2D eigenvalue weighted by Crippen LogP contribution is 2.10. The van der Waals surface area contributed by atoms with Crippen molar-refractivity contribution in [1.29, 1.82) is 0 Å². The van der Waals surface area contributed by atoms with Crippen molar-refractivity contribution in [3.63, 3.8) is 0 Å². The van der Waals surface area contributed by atoms with Gasteiger partial charge in [-0.05, 0) is 26.0 Å². The summed E-state index contributed by atoms with van der Waals surface area (Å²) in [5.41, 5.74) is 1.07. The van der Waals surface area contributed by atoms with E-state index in [1.54, 1.807) is 11.0 Å². The van der Waals surface area contributed by atoms with Crippen LogP contribution in [0.1, 0.15) is 13.8 Å². The molecular formula is C20H27N5O3. The lowest BCUT2D eigenvalue weighted by atomic mass is 10.2. The Morgan fingerprint density at radius 1 is 1.04 bits per heavy atom. The molecule has 0 aliphatic carbocycles. The fourth-order valence-corrected chi connectivity index (χ4v) is 3.54. The van der Waals surface area contributed by atoms with Crippen LogP contribution in [-0.2, 0) is 16.1 Å². The Labute approximate surface area is 164 Å². The van der Waals surface area contributed by atoms with Crippen LogP contribution in [0.4, 0.5) is 0 Å². The summed E-state index contributed by atoms with van der Waals surface area (Å²) in [7, 11) is 0. The molecular weight excluding hydrogens is 358 g/mol. The van der Waals surface area contributed by atoms with Crippen molar-refractivity contribution in [3.8, 4) is 0 Å². The van der Waals surface area contributed by atoms with Crippen LogP contribution >= 0.6 is 0 Å². The zero-order valence-corrected chi connectivity index (χ0v) is 16.5. The molecule has 1 saturated heterocycles. The maximum Gasteiger partial charge on any atom is 0.269 e. The third kappa shape index (κ3) is 4.39. The maximum absolute atomic E-state index is 12.7. The molecule has 2 amide bonds. The van der Waals surface area contributed by atoms with Gasteiger partial charge in [0, 0.05) is 39.3 Å². The number of carbonyl (C=O) groups excluding carboxylic acids is 2. The van der Waals surface area contributed by atoms with Crippen molar-refractivity contribution in [2.24, 2.45) is 0 Å². The second-order valence-electron chi connectivity index (χ2n) is 6.89. The number of aromatic nitrogens is 2. The van der Waals surface area contributed by atoms with E-state index >= 15 is 0 Å². The van der Waals surface area contributed by atoms with Crippen LogP contribution in [-0.4, -0.2) is 81.9 Å². The number of fused-ring (bicyclic) bond motifs is 1. The van der Waals surface area contributed by atoms with E-state index in [0.29, 0.717) is 56.8 Å². The van der Waals surface area contributed by atoms with Crippen LogP contribution in [0.2, 0.25) is 0 Å². The molecule has 0 bridgehead atoms. The van der Waals surface area contributed by atoms with Crippen LogP contribution in [0.5, 0.6) is 0 Å². The van der Waals surface area contributed by atoms with Gasteiger partial charge in [-0.2, -0.15) is 0 Å². The second kappa shape index (κ2) is 8.97. The van der Waals surface area contributed by atoms with E-state index in [-0.39, 0.29) is 23.9 Å². The van der Waals surface area contributed by atoms with Gasteiger partial charge in [-0.1, -0.05) is 12.1 Å². The summed E-state index contributed by atoms with van der Waals surface area (Å²) in [5.74, 6) is 0.0350. The van der Waals surface area contributed by atoms with E-state index in [2.05, 4.69) is 9.88 Å². The van der Waals surface area contributed by atoms with Crippen molar-refractivity contribution >= 4 is 22.8 Å². The summed E-state index contributed by atoms with van der Waals surface area (Å²) in [5, 5.41) is 0. The molecule has 2 aromatic rings. The quantitative estimate of drug-likeness (QED) is 0.720. The smallest absolute Gasteiger partial charge is 0.269 e. The Kier molecular flexibility index (Phi) is 6.41. The molecule has 1 aromatic heterocycles. The lowest BCUT2D eigenvalue weighted by Gasteiger charge is -2.35. The van der Waals surface area contributed by atoms with E-state index in [4.69, 9.17) is 0 Å². The first-order valence-corrected chi connectivity index (χ1v) is 9.76. The minimum absolute atomic E-state index is 0.000242. The van der Waals surface area contributed by atoms with Gasteiger partial charge < -0.3 is 9.80 Å². The number of hydrogen-bond acceptors (Lipinski definition) is 5. The topological polar surface area (TPSA) is 78.8 Å². The Morgan fingerprint density at radius 2 is 1.71 bits per heavy atom. The van der Waals surface area contributed by atoms with Gasteiger partial charge in [-0.3, -0.25) is 23.9 Å². The Balaban J connectivity index is 1.60. The summed E-state index contributed by atoms with van der Waals surface area (Å²) >= 11 is 0. The molecule has 0 saturated carbocycles. The Bertz CT molecular complexity index is 898. The molecule has 0 radical (unpaired) electrons. The highest BCUT2D eigenvalue weighted by molar-refractivity contribution is 5.80. The van der Waals surface area contributed by atoms with Crippen LogP contribution in [0.15, 0.2) is 35.3 Å². The third-order valence-electron chi connectivity index (χ3n) is 5.25. The lowest BCUT2D eigenvalue weighted by molar-refractivity contribution is -0.135. The number of amides is 2. The standard InChI is InChI=1S/C20H27N5O3/c1-3-23(4-2)19(27)14-22-9-11-24(12-10-22)20(28)15-25-17-8-6-5-7-16(17)21-13-18(25)26/h5-8,13H,3-4,9-12,14-15H2,1-2H3. The molecule has 1 aliphatic heterocycles. The molecule has 0 unspecified atom stereocenters. The summed E-state index contributed by atoms with van der Waals surface area (Å²) in [6.07, 6.45) is 1.26. The molecule has 1 aliphatic rings. The number of nitrogens with zero attached hydrogens (tertiary/aromatic N) is 5. The van der Waals surface area contributed by atoms with Crippen molar-refractivity contribution in [2.45, 2.75) is 20.4 Å². The SMILES string of the molecule is CCN(CC)C(=O)CN1CCN(C(=O)Cn2c(=O)cnc3ccccc32)CC1. The highest BCUT2D eigenvalue weighted by Gasteiger charge is 2.24. The number of para-hydroxylation sites is 2. The molecule has 28 heavy (non-hydrogen) atoms. The van der Waals surface area contributed by atoms with Gasteiger partial charge in [0.25, 0.3) is 5.56 Å². The molecule has 2 heterocycles. The number of benzene rings is 1.